The van der Waals surface area contributed by atoms with Gasteiger partial charge in [-0.2, -0.15) is 0 Å². The number of carbonyl (C=O) groups is 1. The molecular formula is C16H20ClN3O3S2. The summed E-state index contributed by atoms with van der Waals surface area (Å²) in [7, 11) is -3.37. The fraction of sp³-hybridized carbons (Fsp3) is 0.500. The van der Waals surface area contributed by atoms with Crippen LogP contribution in [-0.4, -0.2) is 56.3 Å². The molecule has 3 heterocycles. The Bertz CT molecular complexity index is 805. The third-order valence-corrected chi connectivity index (χ3v) is 6.46. The van der Waals surface area contributed by atoms with Crippen molar-refractivity contribution in [1.29, 1.82) is 0 Å². The van der Waals surface area contributed by atoms with Gasteiger partial charge in [0.15, 0.2) is 14.9 Å². The largest absolute Gasteiger partial charge is 0.358 e. The summed E-state index contributed by atoms with van der Waals surface area (Å²) in [5.74, 6) is 0.126. The second-order valence-corrected chi connectivity index (χ2v) is 9.42. The average Bonchev–Trinajstić information content (AvgIpc) is 2.54. The number of benzene rings is 1. The number of fused-ring (bicyclic) bond motifs is 3. The molecule has 1 amide bonds. The smallest absolute Gasteiger partial charge is 0.258 e. The lowest BCUT2D eigenvalue weighted by atomic mass is 9.84. The molecule has 2 N–H and O–H groups in total. The van der Waals surface area contributed by atoms with Crippen LogP contribution in [0.5, 0.6) is 0 Å². The molecule has 9 heteroatoms. The molecule has 0 spiro atoms. The number of piperidine rings is 3. The maximum Gasteiger partial charge on any atom is 0.258 e. The Hall–Kier alpha value is -1.22. The number of rotatable bonds is 3. The van der Waals surface area contributed by atoms with Gasteiger partial charge in [0.2, 0.25) is 0 Å². The van der Waals surface area contributed by atoms with Gasteiger partial charge in [0.25, 0.3) is 5.91 Å². The maximum atomic E-state index is 12.4. The minimum absolute atomic E-state index is 0.0713. The number of hydrogen-bond acceptors (Lipinski definition) is 5. The average molecular weight is 402 g/mol. The lowest BCUT2D eigenvalue weighted by molar-refractivity contribution is 0.0807. The van der Waals surface area contributed by atoms with Crippen molar-refractivity contribution in [3.63, 3.8) is 0 Å². The van der Waals surface area contributed by atoms with E-state index in [0.29, 0.717) is 5.92 Å². The maximum absolute atomic E-state index is 12.4. The molecule has 4 rings (SSSR count). The molecule has 1 aromatic carbocycles. The summed E-state index contributed by atoms with van der Waals surface area (Å²) in [5, 5.41) is 6.20. The van der Waals surface area contributed by atoms with E-state index < -0.39 is 15.7 Å². The molecule has 3 aliphatic heterocycles. The fourth-order valence-corrected chi connectivity index (χ4v) is 4.64. The molecule has 3 aliphatic rings. The lowest BCUT2D eigenvalue weighted by Crippen LogP contribution is -2.59. The summed E-state index contributed by atoms with van der Waals surface area (Å²) in [6.45, 7) is 3.19. The van der Waals surface area contributed by atoms with Crippen molar-refractivity contribution in [3.8, 4) is 0 Å². The van der Waals surface area contributed by atoms with Crippen LogP contribution >= 0.6 is 23.8 Å². The predicted octanol–water partition coefficient (Wildman–Crippen LogP) is 1.44. The normalized spacial score (nSPS) is 25.4. The Balaban J connectivity index is 1.63. The number of carbonyl (C=O) groups excluding carboxylic acids is 1. The summed E-state index contributed by atoms with van der Waals surface area (Å²) in [6, 6.07) is 4.28. The highest BCUT2D eigenvalue weighted by Gasteiger charge is 2.34. The first-order valence-electron chi connectivity index (χ1n) is 8.08. The van der Waals surface area contributed by atoms with Crippen molar-refractivity contribution in [2.24, 2.45) is 5.92 Å². The van der Waals surface area contributed by atoms with E-state index in [1.54, 1.807) is 0 Å². The quantitative estimate of drug-likeness (QED) is 0.746. The molecular weight excluding hydrogens is 382 g/mol. The van der Waals surface area contributed by atoms with Gasteiger partial charge in [0, 0.05) is 18.8 Å². The van der Waals surface area contributed by atoms with E-state index in [0.717, 1.165) is 38.7 Å². The molecule has 1 atom stereocenters. The molecule has 0 unspecified atom stereocenters. The standard InChI is InChI=1S/C16H20ClN3O3S2/c1-25(22,23)11-2-3-12(13(17)8-11)15(21)19-16(24)18-14-9-20-6-4-10(14)5-7-20/h2-3,8,10,14H,4-7,9H2,1H3,(H2,18,19,21,24)/t14-/m0/s1. The van der Waals surface area contributed by atoms with E-state index in [2.05, 4.69) is 15.5 Å². The van der Waals surface area contributed by atoms with Gasteiger partial charge < -0.3 is 10.2 Å². The zero-order valence-electron chi connectivity index (χ0n) is 13.8. The molecule has 0 radical (unpaired) electrons. The Morgan fingerprint density at radius 2 is 2.00 bits per heavy atom. The van der Waals surface area contributed by atoms with E-state index in [1.165, 1.54) is 18.2 Å². The van der Waals surface area contributed by atoms with Gasteiger partial charge in [0.05, 0.1) is 15.5 Å². The van der Waals surface area contributed by atoms with Gasteiger partial charge in [0.1, 0.15) is 0 Å². The fourth-order valence-electron chi connectivity index (χ4n) is 3.41. The minimum Gasteiger partial charge on any atom is -0.358 e. The van der Waals surface area contributed by atoms with Crippen LogP contribution in [0.2, 0.25) is 5.02 Å². The molecule has 0 aliphatic carbocycles. The van der Waals surface area contributed by atoms with E-state index >= 15 is 0 Å². The summed E-state index contributed by atoms with van der Waals surface area (Å²) in [4.78, 5) is 14.8. The Morgan fingerprint density at radius 1 is 1.32 bits per heavy atom. The Labute approximate surface area is 157 Å². The van der Waals surface area contributed by atoms with Crippen molar-refractivity contribution in [2.45, 2.75) is 23.8 Å². The number of halogens is 1. The number of nitrogens with zero attached hydrogens (tertiary/aromatic N) is 1. The molecule has 3 saturated heterocycles. The number of hydrogen-bond donors (Lipinski definition) is 2. The third kappa shape index (κ3) is 4.31. The molecule has 3 fully saturated rings. The number of thiocarbonyl (C=S) groups is 1. The van der Waals surface area contributed by atoms with Crippen LogP contribution in [0.15, 0.2) is 23.1 Å². The Kier molecular flexibility index (Phi) is 5.34. The van der Waals surface area contributed by atoms with Crippen molar-refractivity contribution in [1.82, 2.24) is 15.5 Å². The van der Waals surface area contributed by atoms with E-state index in [-0.39, 0.29) is 26.6 Å². The van der Waals surface area contributed by atoms with Crippen LogP contribution in [-0.2, 0) is 9.84 Å². The molecule has 1 aromatic rings. The third-order valence-electron chi connectivity index (χ3n) is 4.81. The van der Waals surface area contributed by atoms with E-state index in [9.17, 15) is 13.2 Å². The number of amides is 1. The molecule has 25 heavy (non-hydrogen) atoms. The first-order valence-corrected chi connectivity index (χ1v) is 10.8. The van der Waals surface area contributed by atoms with Gasteiger partial charge in [-0.15, -0.1) is 0 Å². The van der Waals surface area contributed by atoms with E-state index in [4.69, 9.17) is 23.8 Å². The topological polar surface area (TPSA) is 78.5 Å². The minimum atomic E-state index is -3.37. The highest BCUT2D eigenvalue weighted by atomic mass is 35.5. The van der Waals surface area contributed by atoms with Gasteiger partial charge in [-0.25, -0.2) is 8.42 Å². The molecule has 6 nitrogen and oxygen atoms in total. The van der Waals surface area contributed by atoms with Crippen LogP contribution in [0.25, 0.3) is 0 Å². The van der Waals surface area contributed by atoms with Crippen LogP contribution in [0.1, 0.15) is 23.2 Å². The molecule has 0 saturated carbocycles. The summed E-state index contributed by atoms with van der Waals surface area (Å²) >= 11 is 11.3. The summed E-state index contributed by atoms with van der Waals surface area (Å²) in [6.07, 6.45) is 3.38. The van der Waals surface area contributed by atoms with Crippen molar-refractivity contribution >= 4 is 44.7 Å². The van der Waals surface area contributed by atoms with Gasteiger partial charge in [-0.05, 0) is 62.3 Å². The monoisotopic (exact) mass is 401 g/mol. The van der Waals surface area contributed by atoms with Crippen LogP contribution in [0.4, 0.5) is 0 Å². The Morgan fingerprint density at radius 3 is 2.52 bits per heavy atom. The lowest BCUT2D eigenvalue weighted by Gasteiger charge is -2.45. The highest BCUT2D eigenvalue weighted by molar-refractivity contribution is 7.90. The predicted molar refractivity (Wildman–Crippen MR) is 101 cm³/mol. The molecule has 2 bridgehead atoms. The number of sulfone groups is 1. The summed E-state index contributed by atoms with van der Waals surface area (Å²) in [5.41, 5.74) is 0.187. The zero-order chi connectivity index (χ0) is 18.2. The SMILES string of the molecule is CS(=O)(=O)c1ccc(C(=O)NC(=S)N[C@H]2CN3CCC2CC3)c(Cl)c1. The van der Waals surface area contributed by atoms with Crippen LogP contribution in [0, 0.1) is 5.92 Å². The molecule has 136 valence electrons. The highest BCUT2D eigenvalue weighted by Crippen LogP contribution is 2.27. The van der Waals surface area contributed by atoms with E-state index in [1.807, 2.05) is 0 Å². The second-order valence-electron chi connectivity index (χ2n) is 6.59. The van der Waals surface area contributed by atoms with Crippen LogP contribution < -0.4 is 10.6 Å². The van der Waals surface area contributed by atoms with Crippen molar-refractivity contribution in [2.75, 3.05) is 25.9 Å². The van der Waals surface area contributed by atoms with Gasteiger partial charge in [-0.3, -0.25) is 10.1 Å². The second kappa shape index (κ2) is 7.19. The first-order chi connectivity index (χ1) is 11.7. The first kappa shape index (κ1) is 18.6. The summed E-state index contributed by atoms with van der Waals surface area (Å²) < 4.78 is 23.1. The van der Waals surface area contributed by atoms with Gasteiger partial charge in [-0.1, -0.05) is 11.6 Å². The van der Waals surface area contributed by atoms with Crippen molar-refractivity contribution in [3.05, 3.63) is 28.8 Å². The number of nitrogens with one attached hydrogen (secondary N) is 2. The molecule has 0 aromatic heterocycles. The van der Waals surface area contributed by atoms with Crippen molar-refractivity contribution < 1.29 is 13.2 Å². The zero-order valence-corrected chi connectivity index (χ0v) is 16.2. The van der Waals surface area contributed by atoms with Crippen LogP contribution in [0.3, 0.4) is 0 Å². The van der Waals surface area contributed by atoms with Gasteiger partial charge >= 0.3 is 0 Å².